The van der Waals surface area contributed by atoms with Crippen molar-refractivity contribution < 1.29 is 18.0 Å². The van der Waals surface area contributed by atoms with Gasteiger partial charge in [0.15, 0.2) is 0 Å². The molecule has 166 valence electrons. The molecule has 2 aromatic rings. The molecular formula is C23H29N3O4S. The predicted molar refractivity (Wildman–Crippen MR) is 119 cm³/mol. The van der Waals surface area contributed by atoms with Gasteiger partial charge in [-0.2, -0.15) is 4.31 Å². The van der Waals surface area contributed by atoms with Gasteiger partial charge in [-0.1, -0.05) is 25.1 Å². The molecule has 0 spiro atoms. The Bertz CT molecular complexity index is 1050. The van der Waals surface area contributed by atoms with Crippen LogP contribution in [0.3, 0.4) is 0 Å². The topological polar surface area (TPSA) is 95.6 Å². The number of sulfonamides is 1. The summed E-state index contributed by atoms with van der Waals surface area (Å²) in [5, 5.41) is 5.72. The van der Waals surface area contributed by atoms with Gasteiger partial charge in [0.1, 0.15) is 0 Å². The second kappa shape index (κ2) is 10.1. The van der Waals surface area contributed by atoms with E-state index in [1.54, 1.807) is 30.3 Å². The Labute approximate surface area is 183 Å². The SMILES string of the molecule is CCC(C)NC(=O)c1cccc(CNC(=O)c2cccc(S(=O)(=O)N3CCCC3)c2)c1. The van der Waals surface area contributed by atoms with Crippen LogP contribution in [0, 0.1) is 0 Å². The van der Waals surface area contributed by atoms with Gasteiger partial charge in [0, 0.05) is 36.8 Å². The summed E-state index contributed by atoms with van der Waals surface area (Å²) in [4.78, 5) is 25.1. The molecule has 1 aliphatic rings. The molecular weight excluding hydrogens is 414 g/mol. The van der Waals surface area contributed by atoms with Crippen molar-refractivity contribution in [3.8, 4) is 0 Å². The summed E-state index contributed by atoms with van der Waals surface area (Å²) in [6.45, 7) is 5.20. The van der Waals surface area contributed by atoms with Crippen molar-refractivity contribution in [2.75, 3.05) is 13.1 Å². The molecule has 0 radical (unpaired) electrons. The van der Waals surface area contributed by atoms with Crippen LogP contribution in [0.2, 0.25) is 0 Å². The van der Waals surface area contributed by atoms with Crippen molar-refractivity contribution in [2.45, 2.75) is 50.6 Å². The Balaban J connectivity index is 1.66. The first-order chi connectivity index (χ1) is 14.8. The van der Waals surface area contributed by atoms with E-state index in [0.717, 1.165) is 24.8 Å². The van der Waals surface area contributed by atoms with Gasteiger partial charge in [-0.25, -0.2) is 8.42 Å². The zero-order valence-corrected chi connectivity index (χ0v) is 18.7. The molecule has 1 atom stereocenters. The average Bonchev–Trinajstić information content (AvgIpc) is 3.33. The standard InChI is InChI=1S/C23H29N3O4S/c1-3-17(2)25-23(28)19-9-6-8-18(14-19)16-24-22(27)20-10-7-11-21(15-20)31(29,30)26-12-4-5-13-26/h6-11,14-15,17H,3-5,12-13,16H2,1-2H3,(H,24,27)(H,25,28). The molecule has 7 nitrogen and oxygen atoms in total. The summed E-state index contributed by atoms with van der Waals surface area (Å²) < 4.78 is 26.9. The zero-order chi connectivity index (χ0) is 22.4. The summed E-state index contributed by atoms with van der Waals surface area (Å²) in [7, 11) is -3.58. The lowest BCUT2D eigenvalue weighted by molar-refractivity contribution is 0.0936. The predicted octanol–water partition coefficient (Wildman–Crippen LogP) is 2.93. The van der Waals surface area contributed by atoms with Crippen LogP contribution in [0.4, 0.5) is 0 Å². The van der Waals surface area contributed by atoms with Gasteiger partial charge in [0.2, 0.25) is 10.0 Å². The summed E-state index contributed by atoms with van der Waals surface area (Å²) in [5.74, 6) is -0.518. The van der Waals surface area contributed by atoms with Gasteiger partial charge in [-0.05, 0) is 62.1 Å². The maximum atomic E-state index is 12.7. The summed E-state index contributed by atoms with van der Waals surface area (Å²) in [6.07, 6.45) is 2.55. The van der Waals surface area contributed by atoms with Crippen LogP contribution in [-0.2, 0) is 16.6 Å². The number of hydrogen-bond acceptors (Lipinski definition) is 4. The highest BCUT2D eigenvalue weighted by Crippen LogP contribution is 2.21. The number of nitrogens with one attached hydrogen (secondary N) is 2. The molecule has 2 amide bonds. The fourth-order valence-electron chi connectivity index (χ4n) is 3.39. The second-order valence-electron chi connectivity index (χ2n) is 7.80. The molecule has 1 saturated heterocycles. The molecule has 0 bridgehead atoms. The van der Waals surface area contributed by atoms with E-state index in [1.165, 1.54) is 16.4 Å². The Morgan fingerprint density at radius 2 is 1.65 bits per heavy atom. The highest BCUT2D eigenvalue weighted by atomic mass is 32.2. The lowest BCUT2D eigenvalue weighted by Crippen LogP contribution is -2.32. The van der Waals surface area contributed by atoms with Crippen LogP contribution in [0.1, 0.15) is 59.4 Å². The van der Waals surface area contributed by atoms with E-state index in [1.807, 2.05) is 19.9 Å². The van der Waals surface area contributed by atoms with E-state index < -0.39 is 10.0 Å². The maximum absolute atomic E-state index is 12.7. The number of benzene rings is 2. The maximum Gasteiger partial charge on any atom is 0.251 e. The second-order valence-corrected chi connectivity index (χ2v) is 9.74. The van der Waals surface area contributed by atoms with Crippen LogP contribution in [0.5, 0.6) is 0 Å². The van der Waals surface area contributed by atoms with Crippen molar-refractivity contribution in [1.82, 2.24) is 14.9 Å². The van der Waals surface area contributed by atoms with Crippen molar-refractivity contribution in [3.05, 3.63) is 65.2 Å². The Morgan fingerprint density at radius 3 is 2.32 bits per heavy atom. The number of carbonyl (C=O) groups is 2. The molecule has 1 unspecified atom stereocenters. The van der Waals surface area contributed by atoms with E-state index in [0.29, 0.717) is 18.7 Å². The number of nitrogens with zero attached hydrogens (tertiary/aromatic N) is 1. The molecule has 2 N–H and O–H groups in total. The van der Waals surface area contributed by atoms with Gasteiger partial charge in [-0.3, -0.25) is 9.59 Å². The van der Waals surface area contributed by atoms with E-state index in [2.05, 4.69) is 10.6 Å². The Hall–Kier alpha value is -2.71. The number of rotatable bonds is 8. The monoisotopic (exact) mass is 443 g/mol. The smallest absolute Gasteiger partial charge is 0.251 e. The first-order valence-corrected chi connectivity index (χ1v) is 12.0. The van der Waals surface area contributed by atoms with E-state index in [9.17, 15) is 18.0 Å². The molecule has 8 heteroatoms. The van der Waals surface area contributed by atoms with E-state index in [4.69, 9.17) is 0 Å². The molecule has 1 fully saturated rings. The third-order valence-corrected chi connectivity index (χ3v) is 7.33. The van der Waals surface area contributed by atoms with Gasteiger partial charge >= 0.3 is 0 Å². The summed E-state index contributed by atoms with van der Waals surface area (Å²) in [6, 6.07) is 13.3. The minimum Gasteiger partial charge on any atom is -0.350 e. The summed E-state index contributed by atoms with van der Waals surface area (Å²) in [5.41, 5.74) is 1.60. The fraction of sp³-hybridized carbons (Fsp3) is 0.391. The van der Waals surface area contributed by atoms with Crippen LogP contribution in [0.25, 0.3) is 0 Å². The minimum absolute atomic E-state index is 0.0833. The number of carbonyl (C=O) groups excluding carboxylic acids is 2. The Morgan fingerprint density at radius 1 is 1.00 bits per heavy atom. The normalized spacial score (nSPS) is 15.4. The molecule has 0 aromatic heterocycles. The van der Waals surface area contributed by atoms with Crippen molar-refractivity contribution in [1.29, 1.82) is 0 Å². The lowest BCUT2D eigenvalue weighted by atomic mass is 10.1. The van der Waals surface area contributed by atoms with Crippen LogP contribution in [-0.4, -0.2) is 43.7 Å². The van der Waals surface area contributed by atoms with Crippen molar-refractivity contribution >= 4 is 21.8 Å². The van der Waals surface area contributed by atoms with Gasteiger partial charge in [0.05, 0.1) is 4.90 Å². The fourth-order valence-corrected chi connectivity index (χ4v) is 4.95. The van der Waals surface area contributed by atoms with Crippen molar-refractivity contribution in [2.24, 2.45) is 0 Å². The number of hydrogen-bond donors (Lipinski definition) is 2. The highest BCUT2D eigenvalue weighted by molar-refractivity contribution is 7.89. The molecule has 3 rings (SSSR count). The third kappa shape index (κ3) is 5.71. The average molecular weight is 444 g/mol. The van der Waals surface area contributed by atoms with Gasteiger partial charge < -0.3 is 10.6 Å². The highest BCUT2D eigenvalue weighted by Gasteiger charge is 2.27. The van der Waals surface area contributed by atoms with Crippen molar-refractivity contribution in [3.63, 3.8) is 0 Å². The molecule has 2 aromatic carbocycles. The molecule has 1 heterocycles. The molecule has 31 heavy (non-hydrogen) atoms. The van der Waals surface area contributed by atoms with E-state index >= 15 is 0 Å². The first kappa shape index (κ1) is 23.0. The zero-order valence-electron chi connectivity index (χ0n) is 17.9. The number of amides is 2. The van der Waals surface area contributed by atoms with Gasteiger partial charge in [-0.15, -0.1) is 0 Å². The van der Waals surface area contributed by atoms with Crippen LogP contribution in [0.15, 0.2) is 53.4 Å². The first-order valence-electron chi connectivity index (χ1n) is 10.6. The van der Waals surface area contributed by atoms with Gasteiger partial charge in [0.25, 0.3) is 11.8 Å². The molecule has 0 saturated carbocycles. The minimum atomic E-state index is -3.58. The Kier molecular flexibility index (Phi) is 7.46. The summed E-state index contributed by atoms with van der Waals surface area (Å²) >= 11 is 0. The lowest BCUT2D eigenvalue weighted by Gasteiger charge is -2.16. The molecule has 1 aliphatic heterocycles. The molecule has 0 aliphatic carbocycles. The quantitative estimate of drug-likeness (QED) is 0.656. The third-order valence-electron chi connectivity index (χ3n) is 5.43. The van der Waals surface area contributed by atoms with Crippen LogP contribution >= 0.6 is 0 Å². The van der Waals surface area contributed by atoms with E-state index in [-0.39, 0.29) is 34.9 Å². The van der Waals surface area contributed by atoms with Crippen LogP contribution < -0.4 is 10.6 Å². The largest absolute Gasteiger partial charge is 0.350 e.